The number of methoxy groups -OCH3 is 1. The maximum absolute atomic E-state index is 12.9. The number of para-hydroxylation sites is 1. The molecule has 180 valence electrons. The molecule has 3 rings (SSSR count). The number of hydrogen-bond acceptors (Lipinski definition) is 7. The Balaban J connectivity index is 1.67. The SMILES string of the molecule is COc1ccc(C(=O)NNC(=O)COc2ccccc2C#N)cc1S(=O)(=O)Nc1ccc(C)cc1. The smallest absolute Gasteiger partial charge is 0.276 e. The minimum atomic E-state index is -4.09. The first kappa shape index (κ1) is 25.1. The third-order valence-electron chi connectivity index (χ3n) is 4.70. The van der Waals surface area contributed by atoms with Crippen LogP contribution in [0, 0.1) is 18.3 Å². The molecule has 2 amide bonds. The summed E-state index contributed by atoms with van der Waals surface area (Å²) in [6.07, 6.45) is 0. The molecule has 0 unspecified atom stereocenters. The molecule has 0 saturated heterocycles. The second kappa shape index (κ2) is 11.0. The van der Waals surface area contributed by atoms with Crippen molar-refractivity contribution in [1.29, 1.82) is 5.26 Å². The van der Waals surface area contributed by atoms with Gasteiger partial charge in [0.1, 0.15) is 22.5 Å². The molecule has 3 aromatic rings. The van der Waals surface area contributed by atoms with E-state index in [0.29, 0.717) is 5.69 Å². The lowest BCUT2D eigenvalue weighted by molar-refractivity contribution is -0.123. The fourth-order valence-corrected chi connectivity index (χ4v) is 4.18. The van der Waals surface area contributed by atoms with Gasteiger partial charge < -0.3 is 9.47 Å². The van der Waals surface area contributed by atoms with Crippen molar-refractivity contribution < 1.29 is 27.5 Å². The molecule has 3 aromatic carbocycles. The highest BCUT2D eigenvalue weighted by Crippen LogP contribution is 2.27. The van der Waals surface area contributed by atoms with Crippen LogP contribution in [0.3, 0.4) is 0 Å². The summed E-state index contributed by atoms with van der Waals surface area (Å²) in [5.74, 6) is -1.18. The number of anilines is 1. The van der Waals surface area contributed by atoms with Gasteiger partial charge in [-0.2, -0.15) is 5.26 Å². The second-order valence-electron chi connectivity index (χ2n) is 7.24. The number of ether oxygens (including phenoxy) is 2. The van der Waals surface area contributed by atoms with Crippen molar-refractivity contribution in [2.75, 3.05) is 18.4 Å². The van der Waals surface area contributed by atoms with Gasteiger partial charge in [-0.25, -0.2) is 8.42 Å². The molecule has 0 aliphatic heterocycles. The molecule has 11 heteroatoms. The molecule has 0 atom stereocenters. The molecular weight excluding hydrogens is 472 g/mol. The predicted octanol–water partition coefficient (Wildman–Crippen LogP) is 2.52. The zero-order valence-electron chi connectivity index (χ0n) is 18.9. The molecule has 0 bridgehead atoms. The van der Waals surface area contributed by atoms with E-state index >= 15 is 0 Å². The average Bonchev–Trinajstić information content (AvgIpc) is 2.87. The fourth-order valence-electron chi connectivity index (χ4n) is 2.92. The van der Waals surface area contributed by atoms with Gasteiger partial charge in [0.15, 0.2) is 6.61 Å². The average molecular weight is 495 g/mol. The van der Waals surface area contributed by atoms with E-state index in [1.165, 1.54) is 31.4 Å². The molecule has 0 aromatic heterocycles. The first-order valence-corrected chi connectivity index (χ1v) is 11.7. The van der Waals surface area contributed by atoms with Crippen LogP contribution in [-0.2, 0) is 14.8 Å². The lowest BCUT2D eigenvalue weighted by Gasteiger charge is -2.14. The zero-order valence-corrected chi connectivity index (χ0v) is 19.7. The van der Waals surface area contributed by atoms with E-state index in [0.717, 1.165) is 11.6 Å². The number of amides is 2. The van der Waals surface area contributed by atoms with Crippen LogP contribution in [0.1, 0.15) is 21.5 Å². The van der Waals surface area contributed by atoms with Gasteiger partial charge in [-0.05, 0) is 49.4 Å². The number of nitrogens with one attached hydrogen (secondary N) is 3. The number of nitriles is 1. The van der Waals surface area contributed by atoms with Crippen LogP contribution >= 0.6 is 0 Å². The Labute approximate surface area is 202 Å². The molecule has 0 spiro atoms. The Morgan fingerprint density at radius 2 is 1.69 bits per heavy atom. The van der Waals surface area contributed by atoms with Crippen LogP contribution in [0.15, 0.2) is 71.6 Å². The molecule has 0 radical (unpaired) electrons. The molecule has 0 heterocycles. The van der Waals surface area contributed by atoms with Crippen molar-refractivity contribution in [3.8, 4) is 17.6 Å². The Morgan fingerprint density at radius 3 is 2.37 bits per heavy atom. The second-order valence-corrected chi connectivity index (χ2v) is 8.89. The number of rotatable bonds is 8. The van der Waals surface area contributed by atoms with Gasteiger partial charge in [0.2, 0.25) is 0 Å². The number of nitrogens with zero attached hydrogens (tertiary/aromatic N) is 1. The van der Waals surface area contributed by atoms with Crippen LogP contribution < -0.4 is 25.0 Å². The van der Waals surface area contributed by atoms with Crippen molar-refractivity contribution in [3.63, 3.8) is 0 Å². The van der Waals surface area contributed by atoms with Gasteiger partial charge in [0.05, 0.1) is 12.7 Å². The number of sulfonamides is 1. The summed E-state index contributed by atoms with van der Waals surface area (Å²) < 4.78 is 38.8. The minimum Gasteiger partial charge on any atom is -0.495 e. The van der Waals surface area contributed by atoms with Crippen molar-refractivity contribution in [2.45, 2.75) is 11.8 Å². The highest BCUT2D eigenvalue weighted by molar-refractivity contribution is 7.92. The summed E-state index contributed by atoms with van der Waals surface area (Å²) in [6.45, 7) is 1.42. The van der Waals surface area contributed by atoms with E-state index in [4.69, 9.17) is 14.7 Å². The first-order chi connectivity index (χ1) is 16.7. The maximum atomic E-state index is 12.9. The van der Waals surface area contributed by atoms with E-state index in [2.05, 4.69) is 15.6 Å². The van der Waals surface area contributed by atoms with Gasteiger partial charge >= 0.3 is 0 Å². The van der Waals surface area contributed by atoms with Crippen LogP contribution in [-0.4, -0.2) is 33.9 Å². The predicted molar refractivity (Wildman–Crippen MR) is 127 cm³/mol. The van der Waals surface area contributed by atoms with E-state index in [1.54, 1.807) is 36.4 Å². The van der Waals surface area contributed by atoms with E-state index in [-0.39, 0.29) is 27.5 Å². The number of aryl methyl sites for hydroxylation is 1. The van der Waals surface area contributed by atoms with E-state index in [9.17, 15) is 18.0 Å². The van der Waals surface area contributed by atoms with Crippen LogP contribution in [0.5, 0.6) is 11.5 Å². The number of carbonyl (C=O) groups excluding carboxylic acids is 2. The first-order valence-electron chi connectivity index (χ1n) is 10.2. The van der Waals surface area contributed by atoms with Crippen LogP contribution in [0.25, 0.3) is 0 Å². The van der Waals surface area contributed by atoms with Gasteiger partial charge in [-0.15, -0.1) is 0 Å². The standard InChI is InChI=1S/C24H22N4O6S/c1-16-7-10-19(11-8-16)28-35(31,32)22-13-17(9-12-21(22)33-2)24(30)27-26-23(29)15-34-20-6-4-3-5-18(20)14-25/h3-13,28H,15H2,1-2H3,(H,26,29)(H,27,30). The summed E-state index contributed by atoms with van der Waals surface area (Å²) in [6, 6.07) is 18.9. The molecule has 0 aliphatic carbocycles. The number of carbonyl (C=O) groups is 2. The maximum Gasteiger partial charge on any atom is 0.276 e. The Kier molecular flexibility index (Phi) is 7.91. The van der Waals surface area contributed by atoms with E-state index < -0.39 is 28.4 Å². The van der Waals surface area contributed by atoms with Crippen LogP contribution in [0.4, 0.5) is 5.69 Å². The molecule has 0 aliphatic rings. The summed E-state index contributed by atoms with van der Waals surface area (Å²) in [7, 11) is -2.78. The van der Waals surface area contributed by atoms with Crippen molar-refractivity contribution in [3.05, 3.63) is 83.4 Å². The third-order valence-corrected chi connectivity index (χ3v) is 6.10. The molecule has 3 N–H and O–H groups in total. The highest BCUT2D eigenvalue weighted by Gasteiger charge is 2.22. The van der Waals surface area contributed by atoms with Gasteiger partial charge in [0, 0.05) is 11.3 Å². The molecule has 0 saturated carbocycles. The quantitative estimate of drug-likeness (QED) is 0.408. The van der Waals surface area contributed by atoms with Gasteiger partial charge in [-0.1, -0.05) is 29.8 Å². The summed E-state index contributed by atoms with van der Waals surface area (Å²) in [5.41, 5.74) is 5.91. The largest absolute Gasteiger partial charge is 0.495 e. The lowest BCUT2D eigenvalue weighted by atomic mass is 10.2. The normalized spacial score (nSPS) is 10.5. The number of hydrazine groups is 1. The third kappa shape index (κ3) is 6.49. The molecular formula is C24H22N4O6S. The topological polar surface area (TPSA) is 147 Å². The van der Waals surface area contributed by atoms with Crippen molar-refractivity contribution in [1.82, 2.24) is 10.9 Å². The minimum absolute atomic E-state index is 0.0360. The van der Waals surface area contributed by atoms with Crippen LogP contribution in [0.2, 0.25) is 0 Å². The van der Waals surface area contributed by atoms with Gasteiger partial charge in [-0.3, -0.25) is 25.2 Å². The fraction of sp³-hybridized carbons (Fsp3) is 0.125. The Morgan fingerprint density at radius 1 is 0.971 bits per heavy atom. The lowest BCUT2D eigenvalue weighted by Crippen LogP contribution is -2.43. The molecule has 0 fully saturated rings. The van der Waals surface area contributed by atoms with Crippen molar-refractivity contribution in [2.24, 2.45) is 0 Å². The monoisotopic (exact) mass is 494 g/mol. The number of hydrogen-bond donors (Lipinski definition) is 3. The summed E-state index contributed by atoms with van der Waals surface area (Å²) >= 11 is 0. The highest BCUT2D eigenvalue weighted by atomic mass is 32.2. The summed E-state index contributed by atoms with van der Waals surface area (Å²) in [5, 5.41) is 9.05. The Hall–Kier alpha value is -4.56. The van der Waals surface area contributed by atoms with Crippen molar-refractivity contribution >= 4 is 27.5 Å². The van der Waals surface area contributed by atoms with Gasteiger partial charge in [0.25, 0.3) is 21.8 Å². The van der Waals surface area contributed by atoms with E-state index in [1.807, 2.05) is 13.0 Å². The Bertz CT molecular complexity index is 1380. The number of benzene rings is 3. The summed E-state index contributed by atoms with van der Waals surface area (Å²) in [4.78, 5) is 24.3. The zero-order chi connectivity index (χ0) is 25.4. The molecule has 35 heavy (non-hydrogen) atoms. The molecule has 10 nitrogen and oxygen atoms in total.